The van der Waals surface area contributed by atoms with E-state index in [1.54, 1.807) is 12.1 Å². The highest BCUT2D eigenvalue weighted by Crippen LogP contribution is 2.15. The Morgan fingerprint density at radius 3 is 2.55 bits per heavy atom. The highest BCUT2D eigenvalue weighted by molar-refractivity contribution is 6.39. The first-order chi connectivity index (χ1) is 13.9. The molecular weight excluding hydrogens is 371 g/mol. The summed E-state index contributed by atoms with van der Waals surface area (Å²) in [5, 5.41) is 8.44. The lowest BCUT2D eigenvalue weighted by molar-refractivity contribution is -0.132. The highest BCUT2D eigenvalue weighted by atomic mass is 19.1. The summed E-state index contributed by atoms with van der Waals surface area (Å²) >= 11 is 0. The van der Waals surface area contributed by atoms with E-state index in [9.17, 15) is 14.0 Å². The van der Waals surface area contributed by atoms with Gasteiger partial charge in [0.2, 0.25) is 5.91 Å². The molecule has 1 atom stereocenters. The molecular formula is C22H25FN4O2. The molecule has 0 saturated heterocycles. The normalized spacial score (nSPS) is 14.9. The molecule has 0 fully saturated rings. The van der Waals surface area contributed by atoms with Gasteiger partial charge in [0, 0.05) is 38.2 Å². The van der Waals surface area contributed by atoms with Gasteiger partial charge in [0.05, 0.1) is 6.54 Å². The molecule has 0 aromatic heterocycles. The van der Waals surface area contributed by atoms with Gasteiger partial charge in [0.15, 0.2) is 0 Å². The van der Waals surface area contributed by atoms with Crippen molar-refractivity contribution in [2.45, 2.75) is 32.4 Å². The van der Waals surface area contributed by atoms with Gasteiger partial charge in [-0.2, -0.15) is 5.10 Å². The number of hydrogen-bond acceptors (Lipinski definition) is 4. The Bertz CT molecular complexity index is 883. The smallest absolute Gasteiger partial charge is 0.267 e. The second kappa shape index (κ2) is 9.32. The van der Waals surface area contributed by atoms with Crippen LogP contribution in [0.3, 0.4) is 0 Å². The minimum atomic E-state index is -0.336. The monoisotopic (exact) mass is 396 g/mol. The maximum atomic E-state index is 13.1. The third-order valence-electron chi connectivity index (χ3n) is 5.00. The fraction of sp³-hybridized carbons (Fsp3) is 0.318. The first kappa shape index (κ1) is 20.5. The van der Waals surface area contributed by atoms with Crippen molar-refractivity contribution >= 4 is 23.2 Å². The van der Waals surface area contributed by atoms with Crippen LogP contribution in [-0.4, -0.2) is 42.2 Å². The van der Waals surface area contributed by atoms with Gasteiger partial charge in [0.25, 0.3) is 5.91 Å². The van der Waals surface area contributed by atoms with Gasteiger partial charge in [-0.3, -0.25) is 9.59 Å². The molecule has 3 rings (SSSR count). The second-order valence-electron chi connectivity index (χ2n) is 7.13. The molecule has 7 heteroatoms. The number of nitrogens with one attached hydrogen (secondary N) is 1. The minimum Gasteiger partial charge on any atom is -0.370 e. The fourth-order valence-electron chi connectivity index (χ4n) is 3.05. The molecule has 0 spiro atoms. The number of rotatable bonds is 7. The van der Waals surface area contributed by atoms with E-state index in [1.807, 2.05) is 44.3 Å². The van der Waals surface area contributed by atoms with Crippen LogP contribution in [0.2, 0.25) is 0 Å². The van der Waals surface area contributed by atoms with Crippen molar-refractivity contribution in [3.8, 4) is 0 Å². The van der Waals surface area contributed by atoms with E-state index in [0.29, 0.717) is 18.7 Å². The molecule has 1 aliphatic rings. The summed E-state index contributed by atoms with van der Waals surface area (Å²) in [6.07, 6.45) is 0.542. The number of hydrogen-bond donors (Lipinski definition) is 1. The van der Waals surface area contributed by atoms with Gasteiger partial charge in [-0.15, -0.1) is 0 Å². The van der Waals surface area contributed by atoms with Crippen molar-refractivity contribution in [2.75, 3.05) is 18.5 Å². The SMILES string of the molecule is CC(CNC(=O)C1=NN(Cc2ccc(F)cc2)C(=O)CC1)N(C)c1ccccc1. The average molecular weight is 396 g/mol. The average Bonchev–Trinajstić information content (AvgIpc) is 2.75. The predicted octanol–water partition coefficient (Wildman–Crippen LogP) is 2.95. The number of halogens is 1. The van der Waals surface area contributed by atoms with Crippen LogP contribution in [-0.2, 0) is 16.1 Å². The number of carbonyl (C=O) groups is 2. The van der Waals surface area contributed by atoms with E-state index in [1.165, 1.54) is 17.1 Å². The van der Waals surface area contributed by atoms with Crippen molar-refractivity contribution in [1.29, 1.82) is 0 Å². The Hall–Kier alpha value is -3.22. The number of anilines is 1. The number of likely N-dealkylation sites (N-methyl/N-ethyl adjacent to an activating group) is 1. The zero-order chi connectivity index (χ0) is 20.8. The molecule has 152 valence electrons. The van der Waals surface area contributed by atoms with Gasteiger partial charge in [-0.25, -0.2) is 9.40 Å². The van der Waals surface area contributed by atoms with Gasteiger partial charge in [-0.05, 0) is 36.8 Å². The Labute approximate surface area is 170 Å². The Kier molecular flexibility index (Phi) is 6.59. The number of amides is 2. The summed E-state index contributed by atoms with van der Waals surface area (Å²) in [6, 6.07) is 15.9. The molecule has 6 nitrogen and oxygen atoms in total. The van der Waals surface area contributed by atoms with Gasteiger partial charge in [0.1, 0.15) is 11.5 Å². The third-order valence-corrected chi connectivity index (χ3v) is 5.00. The van der Waals surface area contributed by atoms with Crippen molar-refractivity contribution < 1.29 is 14.0 Å². The topological polar surface area (TPSA) is 65.0 Å². The van der Waals surface area contributed by atoms with Crippen LogP contribution in [0.25, 0.3) is 0 Å². The largest absolute Gasteiger partial charge is 0.370 e. The van der Waals surface area contributed by atoms with Gasteiger partial charge >= 0.3 is 0 Å². The summed E-state index contributed by atoms with van der Waals surface area (Å²) in [5.41, 5.74) is 2.16. The van der Waals surface area contributed by atoms with Crippen molar-refractivity contribution in [2.24, 2.45) is 5.10 Å². The molecule has 0 aliphatic carbocycles. The molecule has 0 radical (unpaired) electrons. The fourth-order valence-corrected chi connectivity index (χ4v) is 3.05. The van der Waals surface area contributed by atoms with Crippen LogP contribution in [0.1, 0.15) is 25.3 Å². The predicted molar refractivity (Wildman–Crippen MR) is 111 cm³/mol. The van der Waals surface area contributed by atoms with Gasteiger partial charge in [-0.1, -0.05) is 30.3 Å². The number of hydrazone groups is 1. The lowest BCUT2D eigenvalue weighted by atomic mass is 10.1. The molecule has 2 aromatic carbocycles. The Morgan fingerprint density at radius 1 is 1.17 bits per heavy atom. The Morgan fingerprint density at radius 2 is 1.86 bits per heavy atom. The lowest BCUT2D eigenvalue weighted by Crippen LogP contribution is -2.44. The van der Waals surface area contributed by atoms with Crippen LogP contribution in [0.4, 0.5) is 10.1 Å². The van der Waals surface area contributed by atoms with Gasteiger partial charge < -0.3 is 10.2 Å². The van der Waals surface area contributed by atoms with E-state index < -0.39 is 0 Å². The minimum absolute atomic E-state index is 0.0856. The summed E-state index contributed by atoms with van der Waals surface area (Å²) < 4.78 is 13.1. The maximum Gasteiger partial charge on any atom is 0.267 e. The summed E-state index contributed by atoms with van der Waals surface area (Å²) in [4.78, 5) is 26.8. The number of para-hydroxylation sites is 1. The molecule has 1 unspecified atom stereocenters. The quantitative estimate of drug-likeness (QED) is 0.783. The third kappa shape index (κ3) is 5.40. The first-order valence-electron chi connectivity index (χ1n) is 9.62. The van der Waals surface area contributed by atoms with E-state index in [2.05, 4.69) is 15.3 Å². The summed E-state index contributed by atoms with van der Waals surface area (Å²) in [6.45, 7) is 2.69. The van der Waals surface area contributed by atoms with Crippen molar-refractivity contribution in [3.63, 3.8) is 0 Å². The molecule has 0 bridgehead atoms. The number of carbonyl (C=O) groups excluding carboxylic acids is 2. The highest BCUT2D eigenvalue weighted by Gasteiger charge is 2.25. The van der Waals surface area contributed by atoms with E-state index >= 15 is 0 Å². The first-order valence-corrected chi connectivity index (χ1v) is 9.62. The van der Waals surface area contributed by atoms with E-state index in [-0.39, 0.29) is 36.6 Å². The standard InChI is InChI=1S/C22H25FN4O2/c1-16(26(2)19-6-4-3-5-7-19)14-24-22(29)20-12-13-21(28)27(25-20)15-17-8-10-18(23)11-9-17/h3-11,16H,12-15H2,1-2H3,(H,24,29). The Balaban J connectivity index is 1.59. The zero-order valence-corrected chi connectivity index (χ0v) is 16.6. The summed E-state index contributed by atoms with van der Waals surface area (Å²) in [5.74, 6) is -0.755. The number of nitrogens with zero attached hydrogens (tertiary/aromatic N) is 3. The van der Waals surface area contributed by atoms with Crippen LogP contribution in [0.5, 0.6) is 0 Å². The van der Waals surface area contributed by atoms with E-state index in [4.69, 9.17) is 0 Å². The molecule has 1 aliphatic heterocycles. The zero-order valence-electron chi connectivity index (χ0n) is 16.6. The number of benzene rings is 2. The second-order valence-corrected chi connectivity index (χ2v) is 7.13. The summed E-state index contributed by atoms with van der Waals surface area (Å²) in [7, 11) is 1.98. The van der Waals surface area contributed by atoms with Crippen LogP contribution in [0, 0.1) is 5.82 Å². The van der Waals surface area contributed by atoms with Crippen molar-refractivity contribution in [1.82, 2.24) is 10.3 Å². The molecule has 2 amide bonds. The lowest BCUT2D eigenvalue weighted by Gasteiger charge is -2.28. The molecule has 29 heavy (non-hydrogen) atoms. The van der Waals surface area contributed by atoms with E-state index in [0.717, 1.165) is 11.3 Å². The van der Waals surface area contributed by atoms with Crippen molar-refractivity contribution in [3.05, 3.63) is 66.0 Å². The molecule has 2 aromatic rings. The molecule has 0 saturated carbocycles. The molecule has 1 N–H and O–H groups in total. The maximum absolute atomic E-state index is 13.1. The molecule has 1 heterocycles. The van der Waals surface area contributed by atoms with Crippen LogP contribution in [0.15, 0.2) is 59.7 Å². The van der Waals surface area contributed by atoms with Crippen LogP contribution >= 0.6 is 0 Å². The van der Waals surface area contributed by atoms with Crippen LogP contribution < -0.4 is 10.2 Å².